The summed E-state index contributed by atoms with van der Waals surface area (Å²) in [5.74, 6) is -0.770. The van der Waals surface area contributed by atoms with E-state index in [0.717, 1.165) is 11.1 Å². The first-order valence-electron chi connectivity index (χ1n) is 8.31. The zero-order valence-corrected chi connectivity index (χ0v) is 14.7. The summed E-state index contributed by atoms with van der Waals surface area (Å²) in [6.45, 7) is 0. The molecule has 0 spiro atoms. The highest BCUT2D eigenvalue weighted by Gasteiger charge is 2.04. The van der Waals surface area contributed by atoms with E-state index < -0.39 is 0 Å². The van der Waals surface area contributed by atoms with E-state index in [4.69, 9.17) is 0 Å². The average Bonchev–Trinajstić information content (AvgIpc) is 2.76. The summed E-state index contributed by atoms with van der Waals surface area (Å²) in [6.07, 6.45) is 6.12. The molecule has 3 rings (SSSR count). The highest BCUT2D eigenvalue weighted by atomic mass is 16.2. The molecule has 0 saturated heterocycles. The Bertz CT molecular complexity index is 904. The molecule has 0 fully saturated rings. The number of hydrogen-bond donors (Lipinski definition) is 2. The molecule has 0 saturated carbocycles. The maximum Gasteiger partial charge on any atom is 0.289 e. The number of rotatable bonds is 6. The lowest BCUT2D eigenvalue weighted by Crippen LogP contribution is -2.18. The van der Waals surface area contributed by atoms with Crippen LogP contribution in [0.3, 0.4) is 0 Å². The Morgan fingerprint density at radius 1 is 0.679 bits per heavy atom. The molecule has 0 unspecified atom stereocenters. The lowest BCUT2D eigenvalue weighted by Gasteiger charge is -1.99. The van der Waals surface area contributed by atoms with Gasteiger partial charge in [-0.25, -0.2) is 10.9 Å². The third-order valence-corrected chi connectivity index (χ3v) is 3.49. The SMILES string of the molecule is O=C(NN=Cc1ccc(C=NNC(=O)c2ccccn2)cc1)c1ccccn1. The summed E-state index contributed by atoms with van der Waals surface area (Å²) >= 11 is 0. The normalized spacial score (nSPS) is 10.9. The van der Waals surface area contributed by atoms with Crippen LogP contribution < -0.4 is 10.9 Å². The Labute approximate surface area is 161 Å². The van der Waals surface area contributed by atoms with E-state index in [1.807, 2.05) is 0 Å². The summed E-state index contributed by atoms with van der Waals surface area (Å²) in [4.78, 5) is 31.5. The summed E-state index contributed by atoms with van der Waals surface area (Å²) in [7, 11) is 0. The van der Waals surface area contributed by atoms with Gasteiger partial charge < -0.3 is 0 Å². The number of nitrogens with zero attached hydrogens (tertiary/aromatic N) is 4. The highest BCUT2D eigenvalue weighted by Crippen LogP contribution is 2.00. The van der Waals surface area contributed by atoms with Gasteiger partial charge in [0.05, 0.1) is 12.4 Å². The Balaban J connectivity index is 1.50. The minimum Gasteiger partial charge on any atom is -0.266 e. The lowest BCUT2D eigenvalue weighted by atomic mass is 10.2. The Kier molecular flexibility index (Phi) is 6.30. The van der Waals surface area contributed by atoms with E-state index in [1.54, 1.807) is 60.7 Å². The van der Waals surface area contributed by atoms with Crippen LogP contribution in [0.1, 0.15) is 32.1 Å². The topological polar surface area (TPSA) is 109 Å². The number of benzene rings is 1. The molecule has 0 aliphatic carbocycles. The van der Waals surface area contributed by atoms with Crippen LogP contribution >= 0.6 is 0 Å². The molecule has 2 amide bonds. The second kappa shape index (κ2) is 9.48. The molecule has 0 aliphatic heterocycles. The Morgan fingerprint density at radius 3 is 1.46 bits per heavy atom. The van der Waals surface area contributed by atoms with Crippen molar-refractivity contribution in [2.45, 2.75) is 0 Å². The predicted molar refractivity (Wildman–Crippen MR) is 105 cm³/mol. The molecule has 3 aromatic rings. The van der Waals surface area contributed by atoms with Gasteiger partial charge in [-0.15, -0.1) is 0 Å². The van der Waals surface area contributed by atoms with Crippen LogP contribution in [0.4, 0.5) is 0 Å². The number of carbonyl (C=O) groups is 2. The van der Waals surface area contributed by atoms with Crippen LogP contribution in [-0.2, 0) is 0 Å². The van der Waals surface area contributed by atoms with Gasteiger partial charge in [-0.1, -0.05) is 36.4 Å². The third kappa shape index (κ3) is 5.40. The number of nitrogens with one attached hydrogen (secondary N) is 2. The van der Waals surface area contributed by atoms with Gasteiger partial charge in [0, 0.05) is 12.4 Å². The first-order valence-corrected chi connectivity index (χ1v) is 8.31. The molecule has 0 bridgehead atoms. The summed E-state index contributed by atoms with van der Waals surface area (Å²) in [5, 5.41) is 7.81. The van der Waals surface area contributed by atoms with Crippen LogP contribution in [0.2, 0.25) is 0 Å². The van der Waals surface area contributed by atoms with E-state index in [0.29, 0.717) is 11.4 Å². The van der Waals surface area contributed by atoms with Gasteiger partial charge in [0.2, 0.25) is 0 Å². The zero-order valence-electron chi connectivity index (χ0n) is 14.7. The largest absolute Gasteiger partial charge is 0.289 e. The molecular formula is C20H16N6O2. The molecule has 0 radical (unpaired) electrons. The number of hydrogen-bond acceptors (Lipinski definition) is 6. The molecular weight excluding hydrogens is 356 g/mol. The van der Waals surface area contributed by atoms with Crippen LogP contribution in [0.5, 0.6) is 0 Å². The van der Waals surface area contributed by atoms with Gasteiger partial charge in [0.15, 0.2) is 0 Å². The standard InChI is InChI=1S/C20H16N6O2/c27-19(17-5-1-3-11-21-17)25-23-13-15-7-9-16(10-8-15)14-24-26-20(28)18-6-2-4-12-22-18/h1-14H,(H,25,27)(H,26,28). The molecule has 2 N–H and O–H groups in total. The predicted octanol–water partition coefficient (Wildman–Crippen LogP) is 2.00. The number of hydrazone groups is 2. The van der Waals surface area contributed by atoms with Crippen molar-refractivity contribution in [1.29, 1.82) is 0 Å². The molecule has 2 heterocycles. The van der Waals surface area contributed by atoms with Gasteiger partial charge in [-0.2, -0.15) is 10.2 Å². The maximum atomic E-state index is 11.8. The average molecular weight is 372 g/mol. The van der Waals surface area contributed by atoms with Crippen molar-refractivity contribution in [3.8, 4) is 0 Å². The van der Waals surface area contributed by atoms with Gasteiger partial charge >= 0.3 is 0 Å². The van der Waals surface area contributed by atoms with Crippen molar-refractivity contribution in [2.24, 2.45) is 10.2 Å². The molecule has 28 heavy (non-hydrogen) atoms. The molecule has 0 aliphatic rings. The second-order valence-corrected chi connectivity index (χ2v) is 5.49. The fraction of sp³-hybridized carbons (Fsp3) is 0. The van der Waals surface area contributed by atoms with Gasteiger partial charge in [-0.05, 0) is 35.4 Å². The van der Waals surface area contributed by atoms with E-state index in [-0.39, 0.29) is 11.8 Å². The molecule has 0 atom stereocenters. The van der Waals surface area contributed by atoms with E-state index in [1.165, 1.54) is 24.8 Å². The number of aromatic nitrogens is 2. The molecule has 2 aromatic heterocycles. The quantitative estimate of drug-likeness (QED) is 0.509. The fourth-order valence-corrected chi connectivity index (χ4v) is 2.11. The molecule has 8 heteroatoms. The van der Waals surface area contributed by atoms with E-state index in [2.05, 4.69) is 31.0 Å². The smallest absolute Gasteiger partial charge is 0.266 e. The molecule has 8 nitrogen and oxygen atoms in total. The summed E-state index contributed by atoms with van der Waals surface area (Å²) in [6, 6.07) is 17.3. The molecule has 138 valence electrons. The van der Waals surface area contributed by atoms with E-state index in [9.17, 15) is 9.59 Å². The van der Waals surface area contributed by atoms with Gasteiger partial charge in [-0.3, -0.25) is 19.6 Å². The van der Waals surface area contributed by atoms with Gasteiger partial charge in [0.25, 0.3) is 11.8 Å². The van der Waals surface area contributed by atoms with Crippen molar-refractivity contribution in [1.82, 2.24) is 20.8 Å². The van der Waals surface area contributed by atoms with Crippen molar-refractivity contribution in [2.75, 3.05) is 0 Å². The molecule has 1 aromatic carbocycles. The third-order valence-electron chi connectivity index (χ3n) is 3.49. The number of carbonyl (C=O) groups excluding carboxylic acids is 2. The van der Waals surface area contributed by atoms with Crippen LogP contribution in [0.25, 0.3) is 0 Å². The summed E-state index contributed by atoms with van der Waals surface area (Å²) in [5.41, 5.74) is 6.98. The Hall–Kier alpha value is -4.20. The lowest BCUT2D eigenvalue weighted by molar-refractivity contribution is 0.0942. The minimum atomic E-state index is -0.385. The van der Waals surface area contributed by atoms with Gasteiger partial charge in [0.1, 0.15) is 11.4 Å². The summed E-state index contributed by atoms with van der Waals surface area (Å²) < 4.78 is 0. The van der Waals surface area contributed by atoms with Crippen LogP contribution in [-0.4, -0.2) is 34.2 Å². The van der Waals surface area contributed by atoms with Crippen molar-refractivity contribution >= 4 is 24.2 Å². The highest BCUT2D eigenvalue weighted by molar-refractivity contribution is 5.94. The van der Waals surface area contributed by atoms with Crippen LogP contribution in [0, 0.1) is 0 Å². The zero-order chi connectivity index (χ0) is 19.6. The first kappa shape index (κ1) is 18.6. The monoisotopic (exact) mass is 372 g/mol. The van der Waals surface area contributed by atoms with E-state index >= 15 is 0 Å². The maximum absolute atomic E-state index is 11.8. The Morgan fingerprint density at radius 2 is 1.11 bits per heavy atom. The minimum absolute atomic E-state index is 0.291. The van der Waals surface area contributed by atoms with Crippen LogP contribution in [0.15, 0.2) is 83.3 Å². The second-order valence-electron chi connectivity index (χ2n) is 5.49. The number of pyridine rings is 2. The van der Waals surface area contributed by atoms with Crippen molar-refractivity contribution in [3.05, 3.63) is 95.6 Å². The van der Waals surface area contributed by atoms with Crippen molar-refractivity contribution < 1.29 is 9.59 Å². The van der Waals surface area contributed by atoms with Crippen molar-refractivity contribution in [3.63, 3.8) is 0 Å². The number of amides is 2. The first-order chi connectivity index (χ1) is 13.7. The fourth-order valence-electron chi connectivity index (χ4n) is 2.11.